The number of unbranched alkanes of at least 4 members (excludes halogenated alkanes) is 4. The second kappa shape index (κ2) is 18.0. The average molecular weight is 429 g/mol. The number of carboxylic acids is 1. The van der Waals surface area contributed by atoms with Crippen LogP contribution >= 0.6 is 0 Å². The lowest BCUT2D eigenvalue weighted by atomic mass is 9.86. The summed E-state index contributed by atoms with van der Waals surface area (Å²) >= 11 is 0. The van der Waals surface area contributed by atoms with Crippen molar-refractivity contribution >= 4 is 5.97 Å². The Labute approximate surface area is 192 Å². The van der Waals surface area contributed by atoms with E-state index in [4.69, 9.17) is 0 Å². The van der Waals surface area contributed by atoms with Gasteiger partial charge >= 0.3 is 5.97 Å². The first-order chi connectivity index (χ1) is 15.0. The molecule has 0 amide bonds. The van der Waals surface area contributed by atoms with Crippen LogP contribution in [0.2, 0.25) is 0 Å². The zero-order valence-corrected chi connectivity index (χ0v) is 20.5. The minimum Gasteiger partial charge on any atom is -0.481 e. The van der Waals surface area contributed by atoms with Gasteiger partial charge in [-0.15, -0.1) is 0 Å². The van der Waals surface area contributed by atoms with E-state index in [9.17, 15) is 9.90 Å². The number of allylic oxidation sites excluding steroid dienone is 2. The summed E-state index contributed by atoms with van der Waals surface area (Å²) < 4.78 is 0. The van der Waals surface area contributed by atoms with E-state index in [2.05, 4.69) is 57.2 Å². The molecule has 2 atom stereocenters. The second-order valence-corrected chi connectivity index (χ2v) is 9.81. The Kier molecular flexibility index (Phi) is 16.0. The molecule has 0 aliphatic carbocycles. The van der Waals surface area contributed by atoms with E-state index in [1.807, 2.05) is 6.07 Å². The van der Waals surface area contributed by atoms with Gasteiger partial charge in [-0.3, -0.25) is 4.79 Å². The van der Waals surface area contributed by atoms with Gasteiger partial charge in [0.2, 0.25) is 0 Å². The lowest BCUT2D eigenvalue weighted by Gasteiger charge is -2.19. The van der Waals surface area contributed by atoms with Gasteiger partial charge in [-0.1, -0.05) is 102 Å². The highest BCUT2D eigenvalue weighted by Crippen LogP contribution is 2.26. The number of hydrogen-bond donors (Lipinski definition) is 1. The zero-order valence-electron chi connectivity index (χ0n) is 20.5. The summed E-state index contributed by atoms with van der Waals surface area (Å²) in [5.41, 5.74) is 1.32. The number of carboxylic acid groups (broad SMARTS) is 1. The van der Waals surface area contributed by atoms with Crippen LogP contribution in [0.25, 0.3) is 0 Å². The molecule has 1 aromatic rings. The summed E-state index contributed by atoms with van der Waals surface area (Å²) in [4.78, 5) is 11.4. The van der Waals surface area contributed by atoms with Crippen LogP contribution in [0, 0.1) is 17.8 Å². The quantitative estimate of drug-likeness (QED) is 0.176. The minimum atomic E-state index is -0.652. The molecule has 0 bridgehead atoms. The van der Waals surface area contributed by atoms with E-state index in [1.165, 1.54) is 63.4 Å². The molecule has 2 nitrogen and oxygen atoms in total. The Morgan fingerprint density at radius 1 is 0.871 bits per heavy atom. The smallest absolute Gasteiger partial charge is 0.303 e. The predicted molar refractivity (Wildman–Crippen MR) is 134 cm³/mol. The fourth-order valence-electron chi connectivity index (χ4n) is 4.35. The SMILES string of the molecule is CCCCCC/C=C\C[C@H](CCC[C@H](CCc1ccccc1)CC(=O)O)CCC(C)C. The van der Waals surface area contributed by atoms with Crippen molar-refractivity contribution in [1.29, 1.82) is 0 Å². The third kappa shape index (κ3) is 15.8. The van der Waals surface area contributed by atoms with E-state index < -0.39 is 5.97 Å². The van der Waals surface area contributed by atoms with E-state index in [1.54, 1.807) is 0 Å². The maximum atomic E-state index is 11.4. The van der Waals surface area contributed by atoms with Gasteiger partial charge in [0.15, 0.2) is 0 Å². The molecule has 0 saturated carbocycles. The van der Waals surface area contributed by atoms with E-state index >= 15 is 0 Å². The van der Waals surface area contributed by atoms with Crippen LogP contribution < -0.4 is 0 Å². The summed E-state index contributed by atoms with van der Waals surface area (Å²) in [5, 5.41) is 9.35. The van der Waals surface area contributed by atoms with Gasteiger partial charge in [0, 0.05) is 6.42 Å². The van der Waals surface area contributed by atoms with Crippen molar-refractivity contribution in [3.8, 4) is 0 Å². The van der Waals surface area contributed by atoms with Gasteiger partial charge in [-0.05, 0) is 68.3 Å². The molecule has 0 aliphatic heterocycles. The average Bonchev–Trinajstić information content (AvgIpc) is 2.74. The molecule has 0 aromatic heterocycles. The fraction of sp³-hybridized carbons (Fsp3) is 0.690. The molecule has 0 unspecified atom stereocenters. The van der Waals surface area contributed by atoms with Gasteiger partial charge in [0.1, 0.15) is 0 Å². The van der Waals surface area contributed by atoms with Crippen LogP contribution in [-0.2, 0) is 11.2 Å². The molecule has 1 rings (SSSR count). The van der Waals surface area contributed by atoms with Gasteiger partial charge in [-0.25, -0.2) is 0 Å². The van der Waals surface area contributed by atoms with Gasteiger partial charge in [0.25, 0.3) is 0 Å². The predicted octanol–water partition coefficient (Wildman–Crippen LogP) is 8.85. The first-order valence-electron chi connectivity index (χ1n) is 12.9. The van der Waals surface area contributed by atoms with E-state index in [0.29, 0.717) is 6.42 Å². The molecule has 1 aromatic carbocycles. The van der Waals surface area contributed by atoms with Crippen molar-refractivity contribution in [2.45, 2.75) is 111 Å². The summed E-state index contributed by atoms with van der Waals surface area (Å²) in [6, 6.07) is 10.5. The monoisotopic (exact) mass is 428 g/mol. The van der Waals surface area contributed by atoms with Gasteiger partial charge in [0.05, 0.1) is 0 Å². The summed E-state index contributed by atoms with van der Waals surface area (Å²) in [6.07, 6.45) is 20.8. The molecule has 0 saturated heterocycles. The third-order valence-corrected chi connectivity index (χ3v) is 6.38. The van der Waals surface area contributed by atoms with Gasteiger partial charge < -0.3 is 5.11 Å². The molecule has 176 valence electrons. The second-order valence-electron chi connectivity index (χ2n) is 9.81. The molecule has 31 heavy (non-hydrogen) atoms. The molecule has 0 spiro atoms. The van der Waals surface area contributed by atoms with Crippen molar-refractivity contribution < 1.29 is 9.90 Å². The first kappa shape index (κ1) is 27.5. The fourth-order valence-corrected chi connectivity index (χ4v) is 4.35. The molecule has 0 fully saturated rings. The van der Waals surface area contributed by atoms with Crippen molar-refractivity contribution in [3.63, 3.8) is 0 Å². The standard InChI is InChI=1S/C29H48O2/c1-4-5-6-7-8-9-11-15-27(21-20-25(2)3)18-14-19-28(24-29(30)31)23-22-26-16-12-10-13-17-26/h9-13,16-17,25,27-28H,4-8,14-15,18-24H2,1-3H3,(H,30,31)/b11-9-/t27-,28-/m1/s1. The minimum absolute atomic E-state index is 0.289. The Balaban J connectivity index is 2.44. The Hall–Kier alpha value is -1.57. The molecule has 0 heterocycles. The molecule has 0 radical (unpaired) electrons. The highest BCUT2D eigenvalue weighted by atomic mass is 16.4. The number of hydrogen-bond acceptors (Lipinski definition) is 1. The van der Waals surface area contributed by atoms with Crippen molar-refractivity contribution in [1.82, 2.24) is 0 Å². The lowest BCUT2D eigenvalue weighted by molar-refractivity contribution is -0.138. The largest absolute Gasteiger partial charge is 0.481 e. The van der Waals surface area contributed by atoms with Crippen molar-refractivity contribution in [3.05, 3.63) is 48.0 Å². The highest BCUT2D eigenvalue weighted by molar-refractivity contribution is 5.67. The summed E-state index contributed by atoms with van der Waals surface area (Å²) in [7, 11) is 0. The molecular weight excluding hydrogens is 380 g/mol. The Morgan fingerprint density at radius 3 is 2.29 bits per heavy atom. The number of carbonyl (C=O) groups is 1. The molecule has 2 heteroatoms. The number of aryl methyl sites for hydroxylation is 1. The maximum absolute atomic E-state index is 11.4. The zero-order chi connectivity index (χ0) is 22.7. The molecule has 0 aliphatic rings. The topological polar surface area (TPSA) is 37.3 Å². The van der Waals surface area contributed by atoms with Crippen LogP contribution in [0.4, 0.5) is 0 Å². The molecule has 1 N–H and O–H groups in total. The van der Waals surface area contributed by atoms with Crippen molar-refractivity contribution in [2.24, 2.45) is 17.8 Å². The Bertz CT molecular complexity index is 576. The lowest BCUT2D eigenvalue weighted by Crippen LogP contribution is -2.10. The van der Waals surface area contributed by atoms with E-state index in [-0.39, 0.29) is 5.92 Å². The van der Waals surface area contributed by atoms with Crippen LogP contribution in [0.1, 0.15) is 110 Å². The number of benzene rings is 1. The highest BCUT2D eigenvalue weighted by Gasteiger charge is 2.15. The normalized spacial score (nSPS) is 13.7. The molecular formula is C29H48O2. The van der Waals surface area contributed by atoms with Crippen LogP contribution in [0.5, 0.6) is 0 Å². The maximum Gasteiger partial charge on any atom is 0.303 e. The van der Waals surface area contributed by atoms with Crippen LogP contribution in [0.15, 0.2) is 42.5 Å². The van der Waals surface area contributed by atoms with Crippen LogP contribution in [-0.4, -0.2) is 11.1 Å². The Morgan fingerprint density at radius 2 is 1.61 bits per heavy atom. The van der Waals surface area contributed by atoms with Crippen LogP contribution in [0.3, 0.4) is 0 Å². The summed E-state index contributed by atoms with van der Waals surface area (Å²) in [5.74, 6) is 1.14. The number of aliphatic carboxylic acids is 1. The van der Waals surface area contributed by atoms with Gasteiger partial charge in [-0.2, -0.15) is 0 Å². The summed E-state index contributed by atoms with van der Waals surface area (Å²) in [6.45, 7) is 6.89. The number of rotatable bonds is 19. The van der Waals surface area contributed by atoms with E-state index in [0.717, 1.165) is 37.5 Å². The third-order valence-electron chi connectivity index (χ3n) is 6.38. The first-order valence-corrected chi connectivity index (χ1v) is 12.9. The van der Waals surface area contributed by atoms with Crippen molar-refractivity contribution in [2.75, 3.05) is 0 Å².